The molecule has 148 valence electrons. The molecule has 4 rings (SSSR count). The Morgan fingerprint density at radius 2 is 2.07 bits per heavy atom. The molecule has 1 aliphatic carbocycles. The first-order valence-electron chi connectivity index (χ1n) is 9.95. The lowest BCUT2D eigenvalue weighted by molar-refractivity contribution is -0.138. The third-order valence-electron chi connectivity index (χ3n) is 5.78. The van der Waals surface area contributed by atoms with Crippen LogP contribution in [0.2, 0.25) is 5.02 Å². The van der Waals surface area contributed by atoms with Crippen molar-refractivity contribution in [2.45, 2.75) is 45.1 Å². The van der Waals surface area contributed by atoms with Crippen molar-refractivity contribution in [1.29, 1.82) is 0 Å². The van der Waals surface area contributed by atoms with Crippen LogP contribution in [0.4, 0.5) is 0 Å². The summed E-state index contributed by atoms with van der Waals surface area (Å²) in [4.78, 5) is 26.7. The van der Waals surface area contributed by atoms with Gasteiger partial charge < -0.3 is 10.2 Å². The number of H-pyrrole nitrogens is 1. The van der Waals surface area contributed by atoms with Gasteiger partial charge in [-0.1, -0.05) is 23.7 Å². The molecule has 2 aromatic rings. The zero-order chi connectivity index (χ0) is 19.5. The highest BCUT2D eigenvalue weighted by Gasteiger charge is 2.30. The number of carbonyl (C=O) groups excluding carboxylic acids is 2. The third-order valence-corrected chi connectivity index (χ3v) is 6.03. The van der Waals surface area contributed by atoms with Gasteiger partial charge in [-0.05, 0) is 55.4 Å². The molecule has 7 heteroatoms. The first-order valence-corrected chi connectivity index (χ1v) is 10.3. The van der Waals surface area contributed by atoms with Crippen molar-refractivity contribution in [2.75, 3.05) is 13.1 Å². The Hall–Kier alpha value is -2.34. The maximum atomic E-state index is 12.7. The van der Waals surface area contributed by atoms with Gasteiger partial charge in [0.2, 0.25) is 11.8 Å². The summed E-state index contributed by atoms with van der Waals surface area (Å²) in [5, 5.41) is 11.1. The highest BCUT2D eigenvalue weighted by molar-refractivity contribution is 6.30. The van der Waals surface area contributed by atoms with Crippen molar-refractivity contribution in [3.8, 4) is 0 Å². The van der Waals surface area contributed by atoms with E-state index in [1.54, 1.807) is 0 Å². The SMILES string of the molecule is O=C(NCc1n[nH]c2c1CCC2)[C@@H]1CCC(=O)N(CCc2ccc(Cl)cc2)C1. The maximum Gasteiger partial charge on any atom is 0.225 e. The highest BCUT2D eigenvalue weighted by Crippen LogP contribution is 2.23. The van der Waals surface area contributed by atoms with Gasteiger partial charge in [-0.3, -0.25) is 14.7 Å². The smallest absolute Gasteiger partial charge is 0.225 e. The van der Waals surface area contributed by atoms with Crippen molar-refractivity contribution in [1.82, 2.24) is 20.4 Å². The van der Waals surface area contributed by atoms with Crippen LogP contribution in [0.25, 0.3) is 0 Å². The molecule has 0 bridgehead atoms. The van der Waals surface area contributed by atoms with E-state index in [0.717, 1.165) is 36.9 Å². The number of nitrogens with zero attached hydrogens (tertiary/aromatic N) is 2. The Bertz CT molecular complexity index is 862. The van der Waals surface area contributed by atoms with E-state index < -0.39 is 0 Å². The zero-order valence-electron chi connectivity index (χ0n) is 15.8. The predicted molar refractivity (Wildman–Crippen MR) is 107 cm³/mol. The van der Waals surface area contributed by atoms with E-state index in [4.69, 9.17) is 11.6 Å². The number of aromatic nitrogens is 2. The third kappa shape index (κ3) is 4.22. The van der Waals surface area contributed by atoms with Crippen LogP contribution in [0.5, 0.6) is 0 Å². The molecule has 1 atom stereocenters. The lowest BCUT2D eigenvalue weighted by Crippen LogP contribution is -2.46. The summed E-state index contributed by atoms with van der Waals surface area (Å²) < 4.78 is 0. The number of nitrogens with one attached hydrogen (secondary N) is 2. The molecule has 0 saturated carbocycles. The standard InChI is InChI=1S/C21H25ClN4O2/c22-16-7-4-14(5-8-16)10-11-26-13-15(6-9-20(26)27)21(28)23-12-19-17-2-1-3-18(17)24-25-19/h4-5,7-8,15H,1-3,6,9-13H2,(H,23,28)(H,24,25)/t15-/m1/s1. The summed E-state index contributed by atoms with van der Waals surface area (Å²) in [5.41, 5.74) is 4.56. The Kier molecular flexibility index (Phi) is 5.67. The number of fused-ring (bicyclic) bond motifs is 1. The molecule has 2 amide bonds. The van der Waals surface area contributed by atoms with E-state index in [9.17, 15) is 9.59 Å². The number of benzene rings is 1. The van der Waals surface area contributed by atoms with E-state index in [0.29, 0.717) is 37.5 Å². The highest BCUT2D eigenvalue weighted by atomic mass is 35.5. The monoisotopic (exact) mass is 400 g/mol. The number of halogens is 1. The average Bonchev–Trinajstić information content (AvgIpc) is 3.31. The largest absolute Gasteiger partial charge is 0.350 e. The van der Waals surface area contributed by atoms with Crippen LogP contribution in [-0.2, 0) is 35.4 Å². The van der Waals surface area contributed by atoms with Crippen molar-refractivity contribution < 1.29 is 9.59 Å². The molecule has 28 heavy (non-hydrogen) atoms. The number of carbonyl (C=O) groups is 2. The molecule has 1 aliphatic heterocycles. The minimum Gasteiger partial charge on any atom is -0.350 e. The lowest BCUT2D eigenvalue weighted by atomic mass is 9.96. The van der Waals surface area contributed by atoms with Crippen molar-refractivity contribution in [3.63, 3.8) is 0 Å². The van der Waals surface area contributed by atoms with Gasteiger partial charge >= 0.3 is 0 Å². The molecule has 0 radical (unpaired) electrons. The number of aryl methyl sites for hydroxylation is 1. The zero-order valence-corrected chi connectivity index (χ0v) is 16.6. The summed E-state index contributed by atoms with van der Waals surface area (Å²) in [6.45, 7) is 1.56. The van der Waals surface area contributed by atoms with Gasteiger partial charge in [0.15, 0.2) is 0 Å². The molecule has 0 spiro atoms. The molecule has 6 nitrogen and oxygen atoms in total. The van der Waals surface area contributed by atoms with Crippen LogP contribution < -0.4 is 5.32 Å². The van der Waals surface area contributed by atoms with Crippen LogP contribution in [0.3, 0.4) is 0 Å². The number of piperidine rings is 1. The Morgan fingerprint density at radius 1 is 1.25 bits per heavy atom. The molecular formula is C21H25ClN4O2. The molecule has 2 heterocycles. The van der Waals surface area contributed by atoms with Gasteiger partial charge in [0.25, 0.3) is 0 Å². The maximum absolute atomic E-state index is 12.7. The summed E-state index contributed by atoms with van der Waals surface area (Å²) in [7, 11) is 0. The van der Waals surface area contributed by atoms with Crippen LogP contribution >= 0.6 is 11.6 Å². The minimum atomic E-state index is -0.157. The van der Waals surface area contributed by atoms with Crippen molar-refractivity contribution in [3.05, 3.63) is 51.8 Å². The van der Waals surface area contributed by atoms with Crippen LogP contribution in [0.1, 0.15) is 41.8 Å². The first-order chi connectivity index (χ1) is 13.6. The van der Waals surface area contributed by atoms with E-state index >= 15 is 0 Å². The van der Waals surface area contributed by atoms with E-state index in [1.165, 1.54) is 11.3 Å². The van der Waals surface area contributed by atoms with Crippen LogP contribution in [-0.4, -0.2) is 40.0 Å². The molecular weight excluding hydrogens is 376 g/mol. The number of amides is 2. The molecule has 2 aliphatic rings. The van der Waals surface area contributed by atoms with E-state index in [2.05, 4.69) is 15.5 Å². The van der Waals surface area contributed by atoms with Crippen LogP contribution in [0.15, 0.2) is 24.3 Å². The number of hydrogen-bond donors (Lipinski definition) is 2. The summed E-state index contributed by atoms with van der Waals surface area (Å²) in [6, 6.07) is 7.67. The van der Waals surface area contributed by atoms with E-state index in [-0.39, 0.29) is 17.7 Å². The Labute approximate surface area is 169 Å². The minimum absolute atomic E-state index is 0.0127. The molecule has 1 saturated heterocycles. The van der Waals surface area contributed by atoms with Gasteiger partial charge in [-0.25, -0.2) is 0 Å². The van der Waals surface area contributed by atoms with Gasteiger partial charge in [0.05, 0.1) is 18.2 Å². The summed E-state index contributed by atoms with van der Waals surface area (Å²) in [5.74, 6) is -0.0169. The second-order valence-corrected chi connectivity index (χ2v) is 8.09. The quantitative estimate of drug-likeness (QED) is 0.782. The first kappa shape index (κ1) is 19.0. The number of likely N-dealkylation sites (tertiary alicyclic amines) is 1. The van der Waals surface area contributed by atoms with Gasteiger partial charge in [0.1, 0.15) is 0 Å². The van der Waals surface area contributed by atoms with Gasteiger partial charge in [0, 0.05) is 30.2 Å². The topological polar surface area (TPSA) is 78.1 Å². The fourth-order valence-corrected chi connectivity index (χ4v) is 4.24. The van der Waals surface area contributed by atoms with Crippen LogP contribution in [0, 0.1) is 5.92 Å². The number of aromatic amines is 1. The van der Waals surface area contributed by atoms with Gasteiger partial charge in [-0.2, -0.15) is 5.10 Å². The number of hydrogen-bond acceptors (Lipinski definition) is 3. The molecule has 1 fully saturated rings. The molecule has 1 aromatic heterocycles. The lowest BCUT2D eigenvalue weighted by Gasteiger charge is -2.32. The van der Waals surface area contributed by atoms with Gasteiger partial charge in [-0.15, -0.1) is 0 Å². The predicted octanol–water partition coefficient (Wildman–Crippen LogP) is 2.65. The van der Waals surface area contributed by atoms with Crippen molar-refractivity contribution in [2.24, 2.45) is 5.92 Å². The molecule has 2 N–H and O–H groups in total. The van der Waals surface area contributed by atoms with Crippen molar-refractivity contribution >= 4 is 23.4 Å². The second-order valence-electron chi connectivity index (χ2n) is 7.65. The molecule has 0 unspecified atom stereocenters. The average molecular weight is 401 g/mol. The Morgan fingerprint density at radius 3 is 2.89 bits per heavy atom. The normalized spacial score (nSPS) is 19.0. The molecule has 1 aromatic carbocycles. The summed E-state index contributed by atoms with van der Waals surface area (Å²) in [6.07, 6.45) is 5.03. The second kappa shape index (κ2) is 8.35. The van der Waals surface area contributed by atoms with E-state index in [1.807, 2.05) is 29.2 Å². The number of rotatable bonds is 6. The summed E-state index contributed by atoms with van der Waals surface area (Å²) >= 11 is 5.92. The fraction of sp³-hybridized carbons (Fsp3) is 0.476. The Balaban J connectivity index is 1.29. The fourth-order valence-electron chi connectivity index (χ4n) is 4.11.